The molecule has 1 aromatic heterocycles. The zero-order valence-electron chi connectivity index (χ0n) is 17.3. The summed E-state index contributed by atoms with van der Waals surface area (Å²) in [5.74, 6) is -0.372. The van der Waals surface area contributed by atoms with E-state index in [4.69, 9.17) is 11.6 Å². The number of carbonyl (C=O) groups excluding carboxylic acids is 2. The molecular weight excluding hydrogens is 400 g/mol. The molecule has 0 saturated carbocycles. The molecule has 3 rings (SSSR count). The summed E-state index contributed by atoms with van der Waals surface area (Å²) in [6.07, 6.45) is 0.776. The summed E-state index contributed by atoms with van der Waals surface area (Å²) in [4.78, 5) is 24.9. The molecule has 2 amide bonds. The second-order valence-electron chi connectivity index (χ2n) is 7.18. The van der Waals surface area contributed by atoms with E-state index in [2.05, 4.69) is 15.7 Å². The molecule has 0 saturated heterocycles. The Kier molecular flexibility index (Phi) is 6.90. The van der Waals surface area contributed by atoms with Crippen LogP contribution < -0.4 is 10.6 Å². The van der Waals surface area contributed by atoms with Crippen molar-refractivity contribution in [3.05, 3.63) is 76.6 Å². The van der Waals surface area contributed by atoms with Crippen molar-refractivity contribution in [2.24, 2.45) is 5.92 Å². The van der Waals surface area contributed by atoms with Crippen LogP contribution in [0.25, 0.3) is 5.69 Å². The number of aromatic nitrogens is 2. The van der Waals surface area contributed by atoms with Crippen LogP contribution in [0, 0.1) is 12.8 Å². The predicted octanol–water partition coefficient (Wildman–Crippen LogP) is 4.75. The van der Waals surface area contributed by atoms with Crippen LogP contribution in [-0.4, -0.2) is 21.6 Å². The van der Waals surface area contributed by atoms with Gasteiger partial charge < -0.3 is 10.6 Å². The molecule has 2 aromatic carbocycles. The SMILES string of the molecule is CCC(C)C(=O)Nc1cccc(CNC(=O)c2c(C)nn(-c3ccccc3)c2Cl)c1. The fraction of sp³-hybridized carbons (Fsp3) is 0.261. The summed E-state index contributed by atoms with van der Waals surface area (Å²) in [7, 11) is 0. The highest BCUT2D eigenvalue weighted by molar-refractivity contribution is 6.33. The average molecular weight is 425 g/mol. The second kappa shape index (κ2) is 9.59. The van der Waals surface area contributed by atoms with Crippen LogP contribution >= 0.6 is 11.6 Å². The van der Waals surface area contributed by atoms with Gasteiger partial charge in [-0.05, 0) is 43.2 Å². The number of hydrogen-bond donors (Lipinski definition) is 2. The van der Waals surface area contributed by atoms with Crippen molar-refractivity contribution in [1.29, 1.82) is 0 Å². The molecule has 30 heavy (non-hydrogen) atoms. The maximum absolute atomic E-state index is 12.8. The van der Waals surface area contributed by atoms with E-state index in [1.54, 1.807) is 11.6 Å². The van der Waals surface area contributed by atoms with Gasteiger partial charge in [0.2, 0.25) is 5.91 Å². The zero-order valence-corrected chi connectivity index (χ0v) is 18.0. The van der Waals surface area contributed by atoms with Crippen LogP contribution in [0.5, 0.6) is 0 Å². The van der Waals surface area contributed by atoms with Gasteiger partial charge in [0.25, 0.3) is 5.91 Å². The molecule has 156 valence electrons. The number of halogens is 1. The smallest absolute Gasteiger partial charge is 0.256 e. The average Bonchev–Trinajstić information content (AvgIpc) is 3.06. The summed E-state index contributed by atoms with van der Waals surface area (Å²) in [5.41, 5.74) is 3.26. The Hall–Kier alpha value is -3.12. The van der Waals surface area contributed by atoms with E-state index in [9.17, 15) is 9.59 Å². The lowest BCUT2D eigenvalue weighted by Gasteiger charge is -2.11. The molecule has 1 unspecified atom stereocenters. The van der Waals surface area contributed by atoms with Gasteiger partial charge in [-0.2, -0.15) is 5.10 Å². The fourth-order valence-corrected chi connectivity index (χ4v) is 3.34. The molecule has 2 N–H and O–H groups in total. The highest BCUT2D eigenvalue weighted by atomic mass is 35.5. The monoisotopic (exact) mass is 424 g/mol. The van der Waals surface area contributed by atoms with Crippen LogP contribution in [0.2, 0.25) is 5.15 Å². The van der Waals surface area contributed by atoms with Gasteiger partial charge in [0, 0.05) is 18.2 Å². The van der Waals surface area contributed by atoms with E-state index in [1.165, 1.54) is 0 Å². The van der Waals surface area contributed by atoms with Gasteiger partial charge in [0.15, 0.2) is 0 Å². The number of carbonyl (C=O) groups is 2. The van der Waals surface area contributed by atoms with Gasteiger partial charge in [-0.15, -0.1) is 0 Å². The van der Waals surface area contributed by atoms with Crippen LogP contribution in [-0.2, 0) is 11.3 Å². The minimum Gasteiger partial charge on any atom is -0.348 e. The van der Waals surface area contributed by atoms with Crippen LogP contribution in [0.4, 0.5) is 5.69 Å². The number of hydrogen-bond acceptors (Lipinski definition) is 3. The topological polar surface area (TPSA) is 76.0 Å². The summed E-state index contributed by atoms with van der Waals surface area (Å²) >= 11 is 6.46. The van der Waals surface area contributed by atoms with Gasteiger partial charge in [-0.25, -0.2) is 4.68 Å². The molecule has 1 heterocycles. The van der Waals surface area contributed by atoms with Crippen molar-refractivity contribution in [2.75, 3.05) is 5.32 Å². The first-order valence-corrected chi connectivity index (χ1v) is 10.3. The molecule has 1 atom stereocenters. The first kappa shape index (κ1) is 21.6. The maximum atomic E-state index is 12.8. The van der Waals surface area contributed by atoms with Gasteiger partial charge in [-0.3, -0.25) is 9.59 Å². The van der Waals surface area contributed by atoms with Gasteiger partial charge in [0.1, 0.15) is 5.15 Å². The second-order valence-corrected chi connectivity index (χ2v) is 7.54. The Morgan fingerprint density at radius 2 is 1.87 bits per heavy atom. The summed E-state index contributed by atoms with van der Waals surface area (Å²) < 4.78 is 1.55. The largest absolute Gasteiger partial charge is 0.348 e. The number of amides is 2. The predicted molar refractivity (Wildman–Crippen MR) is 119 cm³/mol. The number of rotatable bonds is 7. The number of para-hydroxylation sites is 1. The van der Waals surface area contributed by atoms with Crippen molar-refractivity contribution >= 4 is 29.1 Å². The molecular formula is C23H25ClN4O2. The molecule has 3 aromatic rings. The van der Waals surface area contributed by atoms with E-state index in [0.717, 1.165) is 17.7 Å². The Labute approximate surface area is 181 Å². The Morgan fingerprint density at radius 3 is 2.57 bits per heavy atom. The van der Waals surface area contributed by atoms with Crippen LogP contribution in [0.1, 0.15) is 41.9 Å². The van der Waals surface area contributed by atoms with Crippen molar-refractivity contribution in [3.63, 3.8) is 0 Å². The molecule has 0 aliphatic heterocycles. The van der Waals surface area contributed by atoms with Crippen molar-refractivity contribution in [3.8, 4) is 5.69 Å². The number of benzene rings is 2. The fourth-order valence-electron chi connectivity index (χ4n) is 2.98. The van der Waals surface area contributed by atoms with Crippen molar-refractivity contribution in [1.82, 2.24) is 15.1 Å². The first-order chi connectivity index (χ1) is 14.4. The highest BCUT2D eigenvalue weighted by Gasteiger charge is 2.21. The minimum atomic E-state index is -0.297. The maximum Gasteiger partial charge on any atom is 0.256 e. The van der Waals surface area contributed by atoms with E-state index in [0.29, 0.717) is 23.5 Å². The van der Waals surface area contributed by atoms with E-state index in [-0.39, 0.29) is 22.9 Å². The summed E-state index contributed by atoms with van der Waals surface area (Å²) in [5, 5.41) is 10.5. The standard InChI is InChI=1S/C23H25ClN4O2/c1-4-15(2)22(29)26-18-10-8-9-17(13-18)14-25-23(30)20-16(3)27-28(21(20)24)19-11-6-5-7-12-19/h5-13,15H,4,14H2,1-3H3,(H,25,30)(H,26,29). The zero-order chi connectivity index (χ0) is 21.7. The molecule has 0 spiro atoms. The van der Waals surface area contributed by atoms with Gasteiger partial charge in [0.05, 0.1) is 16.9 Å². The molecule has 0 bridgehead atoms. The third kappa shape index (κ3) is 4.89. The van der Waals surface area contributed by atoms with Crippen molar-refractivity contribution in [2.45, 2.75) is 33.7 Å². The molecule has 6 nitrogen and oxygen atoms in total. The highest BCUT2D eigenvalue weighted by Crippen LogP contribution is 2.23. The quantitative estimate of drug-likeness (QED) is 0.574. The Bertz CT molecular complexity index is 1050. The molecule has 0 radical (unpaired) electrons. The van der Waals surface area contributed by atoms with Gasteiger partial charge >= 0.3 is 0 Å². The van der Waals surface area contributed by atoms with E-state index < -0.39 is 0 Å². The Morgan fingerprint density at radius 1 is 1.13 bits per heavy atom. The lowest BCUT2D eigenvalue weighted by molar-refractivity contribution is -0.119. The number of anilines is 1. The molecule has 0 aliphatic carbocycles. The lowest BCUT2D eigenvalue weighted by Crippen LogP contribution is -2.24. The molecule has 0 aliphatic rings. The molecule has 7 heteroatoms. The minimum absolute atomic E-state index is 0.0191. The summed E-state index contributed by atoms with van der Waals surface area (Å²) in [6.45, 7) is 5.92. The normalized spacial score (nSPS) is 11.7. The van der Waals surface area contributed by atoms with E-state index in [1.807, 2.05) is 68.4 Å². The first-order valence-electron chi connectivity index (χ1n) is 9.89. The number of nitrogens with zero attached hydrogens (tertiary/aromatic N) is 2. The number of aryl methyl sites for hydroxylation is 1. The lowest BCUT2D eigenvalue weighted by atomic mass is 10.1. The van der Waals surface area contributed by atoms with Gasteiger partial charge in [-0.1, -0.05) is 55.8 Å². The molecule has 0 fully saturated rings. The van der Waals surface area contributed by atoms with E-state index >= 15 is 0 Å². The van der Waals surface area contributed by atoms with Crippen LogP contribution in [0.3, 0.4) is 0 Å². The summed E-state index contributed by atoms with van der Waals surface area (Å²) in [6, 6.07) is 16.8. The third-order valence-corrected chi connectivity index (χ3v) is 5.29. The third-order valence-electron chi connectivity index (χ3n) is 4.94. The Balaban J connectivity index is 1.70. The van der Waals surface area contributed by atoms with Crippen molar-refractivity contribution < 1.29 is 9.59 Å². The number of nitrogens with one attached hydrogen (secondary N) is 2. The van der Waals surface area contributed by atoms with Crippen LogP contribution in [0.15, 0.2) is 54.6 Å².